The van der Waals surface area contributed by atoms with E-state index in [9.17, 15) is 19.4 Å². The monoisotopic (exact) mass is 793 g/mol. The van der Waals surface area contributed by atoms with Gasteiger partial charge in [-0.15, -0.1) is 0 Å². The van der Waals surface area contributed by atoms with Crippen molar-refractivity contribution in [3.05, 3.63) is 60.8 Å². The average molecular weight is 793 g/mol. The predicted octanol–water partition coefficient (Wildman–Crippen LogP) is 12.7. The fourth-order valence-corrected chi connectivity index (χ4v) is 7.04. The van der Waals surface area contributed by atoms with E-state index in [2.05, 4.69) is 79.9 Å². The van der Waals surface area contributed by atoms with E-state index in [0.717, 1.165) is 83.5 Å². The van der Waals surface area contributed by atoms with Gasteiger partial charge in [-0.2, -0.15) is 0 Å². The third-order valence-corrected chi connectivity index (χ3v) is 10.6. The molecule has 0 spiro atoms. The summed E-state index contributed by atoms with van der Waals surface area (Å²) in [5.74, 6) is -0.175. The van der Waals surface area contributed by atoms with Gasteiger partial charge in [-0.1, -0.05) is 190 Å². The molecule has 0 saturated heterocycles. The maximum absolute atomic E-state index is 12.8. The van der Waals surface area contributed by atoms with Crippen LogP contribution in [0.1, 0.15) is 194 Å². The van der Waals surface area contributed by atoms with Crippen molar-refractivity contribution < 1.29 is 28.4 Å². The molecule has 0 aliphatic heterocycles. The van der Waals surface area contributed by atoms with Crippen LogP contribution in [0.3, 0.4) is 0 Å². The Kier molecular flexibility index (Phi) is 40.5. The minimum atomic E-state index is -4.32. The molecular formula is C46H85N2O6P. The van der Waals surface area contributed by atoms with Crippen molar-refractivity contribution in [1.29, 1.82) is 0 Å². The smallest absolute Gasteiger partial charge is 0.391 e. The van der Waals surface area contributed by atoms with Crippen molar-refractivity contribution in [3.63, 3.8) is 0 Å². The molecule has 5 N–H and O–H groups in total. The summed E-state index contributed by atoms with van der Waals surface area (Å²) in [6.45, 7) is 4.08. The predicted molar refractivity (Wildman–Crippen MR) is 235 cm³/mol. The van der Waals surface area contributed by atoms with Gasteiger partial charge >= 0.3 is 7.82 Å². The molecule has 0 saturated carbocycles. The summed E-state index contributed by atoms with van der Waals surface area (Å²) >= 11 is 0. The normalized spacial score (nSPS) is 14.6. The summed E-state index contributed by atoms with van der Waals surface area (Å²) < 4.78 is 22.2. The number of aliphatic hydroxyl groups excluding tert-OH is 1. The second kappa shape index (κ2) is 41.8. The van der Waals surface area contributed by atoms with Crippen LogP contribution in [0, 0.1) is 0 Å². The second-order valence-electron chi connectivity index (χ2n) is 14.9. The Morgan fingerprint density at radius 2 is 1.05 bits per heavy atom. The molecule has 0 heterocycles. The molecule has 55 heavy (non-hydrogen) atoms. The van der Waals surface area contributed by atoms with Crippen molar-refractivity contribution in [2.75, 3.05) is 19.8 Å². The van der Waals surface area contributed by atoms with Crippen molar-refractivity contribution in [3.8, 4) is 0 Å². The van der Waals surface area contributed by atoms with Crippen molar-refractivity contribution in [2.24, 2.45) is 5.73 Å². The van der Waals surface area contributed by atoms with Crippen molar-refractivity contribution >= 4 is 13.7 Å². The number of rotatable bonds is 41. The number of allylic oxidation sites excluding steroid dienone is 10. The lowest BCUT2D eigenvalue weighted by atomic mass is 10.0. The topological polar surface area (TPSA) is 131 Å². The largest absolute Gasteiger partial charge is 0.472 e. The third-order valence-electron chi connectivity index (χ3n) is 9.64. The molecule has 8 nitrogen and oxygen atoms in total. The molecule has 3 unspecified atom stereocenters. The molecule has 0 aliphatic carbocycles. The van der Waals surface area contributed by atoms with Crippen LogP contribution in [0.25, 0.3) is 0 Å². The Morgan fingerprint density at radius 3 is 1.55 bits per heavy atom. The van der Waals surface area contributed by atoms with E-state index >= 15 is 0 Å². The quantitative estimate of drug-likeness (QED) is 0.0275. The molecule has 0 fully saturated rings. The van der Waals surface area contributed by atoms with Gasteiger partial charge in [-0.3, -0.25) is 13.8 Å². The van der Waals surface area contributed by atoms with Gasteiger partial charge in [0, 0.05) is 13.0 Å². The number of hydrogen-bond donors (Lipinski definition) is 4. The van der Waals surface area contributed by atoms with Crippen molar-refractivity contribution in [2.45, 2.75) is 206 Å². The fraction of sp³-hybridized carbons (Fsp3) is 0.761. The van der Waals surface area contributed by atoms with Crippen LogP contribution in [0.4, 0.5) is 0 Å². The van der Waals surface area contributed by atoms with Gasteiger partial charge in [-0.05, 0) is 57.8 Å². The Morgan fingerprint density at radius 1 is 0.618 bits per heavy atom. The average Bonchev–Trinajstić information content (AvgIpc) is 3.17. The van der Waals surface area contributed by atoms with Crippen LogP contribution >= 0.6 is 7.82 Å². The molecule has 0 aromatic rings. The summed E-state index contributed by atoms with van der Waals surface area (Å²) in [6.07, 6.45) is 52.3. The number of carbonyl (C=O) groups excluding carboxylic acids is 1. The zero-order chi connectivity index (χ0) is 40.3. The van der Waals surface area contributed by atoms with Crippen LogP contribution in [0.5, 0.6) is 0 Å². The van der Waals surface area contributed by atoms with Gasteiger partial charge in [-0.25, -0.2) is 4.57 Å². The second-order valence-corrected chi connectivity index (χ2v) is 16.3. The van der Waals surface area contributed by atoms with Crippen LogP contribution < -0.4 is 11.1 Å². The molecule has 0 bridgehead atoms. The Balaban J connectivity index is 4.14. The molecular weight excluding hydrogens is 707 g/mol. The van der Waals surface area contributed by atoms with E-state index in [1.165, 1.54) is 83.5 Å². The Bertz CT molecular complexity index is 1040. The van der Waals surface area contributed by atoms with E-state index in [0.29, 0.717) is 12.8 Å². The third kappa shape index (κ3) is 40.2. The summed E-state index contributed by atoms with van der Waals surface area (Å²) in [6, 6.07) is -0.783. The van der Waals surface area contributed by atoms with Crippen LogP contribution in [-0.4, -0.2) is 47.8 Å². The van der Waals surface area contributed by atoms with Gasteiger partial charge in [0.05, 0.1) is 25.4 Å². The highest BCUT2D eigenvalue weighted by Crippen LogP contribution is 2.43. The Hall–Kier alpha value is -1.80. The molecule has 0 aromatic carbocycles. The maximum atomic E-state index is 12.8. The lowest BCUT2D eigenvalue weighted by Gasteiger charge is -2.25. The standard InChI is InChI=1S/C46H85N2O6P/c1-3-5-7-9-11-13-15-17-18-19-20-21-22-23-24-25-26-28-30-32-34-36-38-40-46(50)48-44(43-54-55(51,52)53-42-41-47)45(49)39-37-35-33-31-29-27-16-14-12-10-8-6-4-2/h5,7,11,13,17-18,20-21,23-24,44-45,49H,3-4,6,8-10,12,14-16,19,22,25-43,47H2,1-2H3,(H,48,50)(H,51,52)/b7-5-,13-11-,18-17-,21-20-,24-23-. The highest BCUT2D eigenvalue weighted by atomic mass is 31.2. The number of amides is 1. The molecule has 9 heteroatoms. The number of carbonyl (C=O) groups is 1. The molecule has 1 amide bonds. The first kappa shape index (κ1) is 53.2. The van der Waals surface area contributed by atoms with Crippen LogP contribution in [-0.2, 0) is 18.4 Å². The number of phosphoric acid groups is 1. The first-order valence-electron chi connectivity index (χ1n) is 22.4. The zero-order valence-corrected chi connectivity index (χ0v) is 36.3. The van der Waals surface area contributed by atoms with Gasteiger partial charge in [0.15, 0.2) is 0 Å². The highest BCUT2D eigenvalue weighted by Gasteiger charge is 2.27. The van der Waals surface area contributed by atoms with Gasteiger partial charge in [0.25, 0.3) is 0 Å². The molecule has 3 atom stereocenters. The summed E-state index contributed by atoms with van der Waals surface area (Å²) in [4.78, 5) is 22.7. The number of nitrogens with two attached hydrogens (primary N) is 1. The number of hydrogen-bond acceptors (Lipinski definition) is 6. The van der Waals surface area contributed by atoms with E-state index in [4.69, 9.17) is 14.8 Å². The Labute approximate surface area is 338 Å². The minimum Gasteiger partial charge on any atom is -0.391 e. The van der Waals surface area contributed by atoms with Crippen LogP contribution in [0.15, 0.2) is 60.8 Å². The first-order chi connectivity index (χ1) is 26.9. The van der Waals surface area contributed by atoms with E-state index in [1.54, 1.807) is 0 Å². The molecule has 0 radical (unpaired) electrons. The minimum absolute atomic E-state index is 0.0842. The van der Waals surface area contributed by atoms with Gasteiger partial charge in [0.2, 0.25) is 5.91 Å². The van der Waals surface area contributed by atoms with E-state index in [1.807, 2.05) is 0 Å². The summed E-state index contributed by atoms with van der Waals surface area (Å²) in [5, 5.41) is 13.8. The van der Waals surface area contributed by atoms with Crippen LogP contribution in [0.2, 0.25) is 0 Å². The lowest BCUT2D eigenvalue weighted by Crippen LogP contribution is -2.46. The van der Waals surface area contributed by atoms with E-state index < -0.39 is 20.0 Å². The number of nitrogens with one attached hydrogen (secondary N) is 1. The molecule has 320 valence electrons. The lowest BCUT2D eigenvalue weighted by molar-refractivity contribution is -0.123. The zero-order valence-electron chi connectivity index (χ0n) is 35.4. The van der Waals surface area contributed by atoms with Gasteiger partial charge in [0.1, 0.15) is 0 Å². The number of aliphatic hydroxyl groups is 1. The van der Waals surface area contributed by atoms with Gasteiger partial charge < -0.3 is 21.1 Å². The van der Waals surface area contributed by atoms with E-state index in [-0.39, 0.29) is 25.7 Å². The highest BCUT2D eigenvalue weighted by molar-refractivity contribution is 7.47. The first-order valence-corrected chi connectivity index (χ1v) is 23.9. The SMILES string of the molecule is CC/C=C\C/C=C\C/C=C\C/C=C\C/C=C\CCCCCCCCCC(=O)NC(COP(=O)(O)OCCN)C(O)CCCCCCCCCCCCCCC. The molecule has 0 aliphatic rings. The fourth-order valence-electron chi connectivity index (χ4n) is 6.28. The maximum Gasteiger partial charge on any atom is 0.472 e. The molecule has 0 rings (SSSR count). The summed E-state index contributed by atoms with van der Waals surface area (Å²) in [7, 11) is -4.32. The summed E-state index contributed by atoms with van der Waals surface area (Å²) in [5.41, 5.74) is 5.38. The number of phosphoric ester groups is 1. The van der Waals surface area contributed by atoms with Crippen molar-refractivity contribution in [1.82, 2.24) is 5.32 Å². The number of unbranched alkanes of at least 4 members (excludes halogenated alkanes) is 19. The molecule has 0 aromatic heterocycles.